The Morgan fingerprint density at radius 2 is 1.78 bits per heavy atom. The summed E-state index contributed by atoms with van der Waals surface area (Å²) in [7, 11) is 0. The van der Waals surface area contributed by atoms with Crippen molar-refractivity contribution in [1.29, 1.82) is 0 Å². The molecule has 0 aliphatic carbocycles. The Hall–Kier alpha value is -2.38. The summed E-state index contributed by atoms with van der Waals surface area (Å²) in [5, 5.41) is 6.70. The summed E-state index contributed by atoms with van der Waals surface area (Å²) in [6.07, 6.45) is -2.44. The van der Waals surface area contributed by atoms with Crippen molar-refractivity contribution in [2.75, 3.05) is 6.54 Å². The van der Waals surface area contributed by atoms with Crippen molar-refractivity contribution in [3.8, 4) is 0 Å². The molecular weight excluding hydrogens is 359 g/mol. The average Bonchev–Trinajstić information content (AvgIpc) is 3.04. The van der Waals surface area contributed by atoms with Crippen molar-refractivity contribution in [2.45, 2.75) is 58.0 Å². The molecular formula is C19H24F3N3O2. The standard InChI is InChI=1S/C19H24F3N3O2/c1-18(2,3)17-24-16(27-25-17)6-4-5-15(26)23-12-11-13-7-9-14(10-8-13)19(20,21)22/h7-10H,4-6,11-12H2,1-3H3,(H,23,26). The number of amides is 1. The first-order valence-electron chi connectivity index (χ1n) is 8.81. The van der Waals surface area contributed by atoms with Crippen molar-refractivity contribution in [3.63, 3.8) is 0 Å². The van der Waals surface area contributed by atoms with Crippen LogP contribution in [-0.2, 0) is 29.2 Å². The third-order valence-corrected chi connectivity index (χ3v) is 3.95. The lowest BCUT2D eigenvalue weighted by molar-refractivity contribution is -0.137. The van der Waals surface area contributed by atoms with Crippen molar-refractivity contribution < 1.29 is 22.5 Å². The lowest BCUT2D eigenvalue weighted by Gasteiger charge is -2.10. The van der Waals surface area contributed by atoms with Crippen molar-refractivity contribution in [3.05, 3.63) is 47.1 Å². The van der Waals surface area contributed by atoms with Gasteiger partial charge in [-0.25, -0.2) is 0 Å². The van der Waals surface area contributed by atoms with Gasteiger partial charge in [-0.2, -0.15) is 18.2 Å². The first-order chi connectivity index (χ1) is 12.6. The van der Waals surface area contributed by atoms with Crippen molar-refractivity contribution in [1.82, 2.24) is 15.5 Å². The van der Waals surface area contributed by atoms with E-state index in [1.807, 2.05) is 20.8 Å². The van der Waals surface area contributed by atoms with E-state index in [0.717, 1.165) is 17.7 Å². The van der Waals surface area contributed by atoms with Gasteiger partial charge in [0, 0.05) is 24.8 Å². The molecule has 0 radical (unpaired) electrons. The zero-order valence-corrected chi connectivity index (χ0v) is 15.7. The number of carbonyl (C=O) groups excluding carboxylic acids is 1. The van der Waals surface area contributed by atoms with E-state index in [9.17, 15) is 18.0 Å². The van der Waals surface area contributed by atoms with E-state index in [-0.39, 0.29) is 11.3 Å². The number of rotatable bonds is 7. The Morgan fingerprint density at radius 1 is 1.11 bits per heavy atom. The van der Waals surface area contributed by atoms with Gasteiger partial charge in [0.15, 0.2) is 5.82 Å². The fourth-order valence-corrected chi connectivity index (χ4v) is 2.36. The maximum atomic E-state index is 12.5. The molecule has 5 nitrogen and oxygen atoms in total. The van der Waals surface area contributed by atoms with Gasteiger partial charge in [-0.05, 0) is 30.5 Å². The number of aryl methyl sites for hydroxylation is 1. The molecule has 1 aromatic heterocycles. The molecule has 2 rings (SSSR count). The molecule has 1 N–H and O–H groups in total. The fourth-order valence-electron chi connectivity index (χ4n) is 2.36. The smallest absolute Gasteiger partial charge is 0.356 e. The fraction of sp³-hybridized carbons (Fsp3) is 0.526. The number of aromatic nitrogens is 2. The van der Waals surface area contributed by atoms with Gasteiger partial charge in [0.2, 0.25) is 11.8 Å². The topological polar surface area (TPSA) is 68.0 Å². The molecule has 0 aliphatic rings. The quantitative estimate of drug-likeness (QED) is 0.783. The molecule has 1 heterocycles. The minimum absolute atomic E-state index is 0.113. The van der Waals surface area contributed by atoms with Gasteiger partial charge in [0.05, 0.1) is 5.56 Å². The van der Waals surface area contributed by atoms with Crippen LogP contribution in [0.3, 0.4) is 0 Å². The second-order valence-corrected chi connectivity index (χ2v) is 7.41. The first-order valence-corrected chi connectivity index (χ1v) is 8.81. The number of nitrogens with zero attached hydrogens (tertiary/aromatic N) is 2. The third kappa shape index (κ3) is 6.69. The number of carbonyl (C=O) groups is 1. The molecule has 27 heavy (non-hydrogen) atoms. The lowest BCUT2D eigenvalue weighted by Crippen LogP contribution is -2.25. The molecule has 0 saturated carbocycles. The van der Waals surface area contributed by atoms with Gasteiger partial charge < -0.3 is 9.84 Å². The molecule has 0 spiro atoms. The van der Waals surface area contributed by atoms with Gasteiger partial charge in [-0.15, -0.1) is 0 Å². The van der Waals surface area contributed by atoms with Gasteiger partial charge >= 0.3 is 6.18 Å². The molecule has 0 aliphatic heterocycles. The average molecular weight is 383 g/mol. The van der Waals surface area contributed by atoms with E-state index in [1.54, 1.807) is 0 Å². The number of hydrogen-bond acceptors (Lipinski definition) is 4. The molecule has 2 aromatic rings. The first kappa shape index (κ1) is 20.9. The van der Waals surface area contributed by atoms with E-state index in [0.29, 0.717) is 43.9 Å². The van der Waals surface area contributed by atoms with Gasteiger partial charge in [-0.3, -0.25) is 4.79 Å². The van der Waals surface area contributed by atoms with Crippen LogP contribution >= 0.6 is 0 Å². The number of halogens is 3. The second kappa shape index (κ2) is 8.54. The van der Waals surface area contributed by atoms with Gasteiger partial charge in [0.1, 0.15) is 0 Å². The highest BCUT2D eigenvalue weighted by molar-refractivity contribution is 5.75. The summed E-state index contributed by atoms with van der Waals surface area (Å²) in [6.45, 7) is 6.35. The summed E-state index contributed by atoms with van der Waals surface area (Å²) in [5.41, 5.74) is -0.118. The summed E-state index contributed by atoms with van der Waals surface area (Å²) < 4.78 is 42.7. The van der Waals surface area contributed by atoms with Crippen LogP contribution in [0.5, 0.6) is 0 Å². The van der Waals surface area contributed by atoms with E-state index in [4.69, 9.17) is 4.52 Å². The highest BCUT2D eigenvalue weighted by Crippen LogP contribution is 2.29. The largest absolute Gasteiger partial charge is 0.416 e. The summed E-state index contributed by atoms with van der Waals surface area (Å²) in [4.78, 5) is 16.2. The van der Waals surface area contributed by atoms with E-state index < -0.39 is 11.7 Å². The predicted molar refractivity (Wildman–Crippen MR) is 94.1 cm³/mol. The van der Waals surface area contributed by atoms with Gasteiger partial charge in [-0.1, -0.05) is 38.1 Å². The molecule has 0 saturated heterocycles. The highest BCUT2D eigenvalue weighted by atomic mass is 19.4. The third-order valence-electron chi connectivity index (χ3n) is 3.95. The molecule has 1 aromatic carbocycles. The van der Waals surface area contributed by atoms with Crippen LogP contribution in [0.15, 0.2) is 28.8 Å². The molecule has 148 valence electrons. The normalized spacial score (nSPS) is 12.2. The van der Waals surface area contributed by atoms with Crippen LogP contribution in [0.1, 0.15) is 56.5 Å². The van der Waals surface area contributed by atoms with Crippen LogP contribution in [0, 0.1) is 0 Å². The molecule has 0 unspecified atom stereocenters. The predicted octanol–water partition coefficient (Wildman–Crippen LogP) is 4.07. The maximum Gasteiger partial charge on any atom is 0.416 e. The molecule has 0 fully saturated rings. The molecule has 0 atom stereocenters. The van der Waals surface area contributed by atoms with Crippen LogP contribution in [0.25, 0.3) is 0 Å². The summed E-state index contributed by atoms with van der Waals surface area (Å²) >= 11 is 0. The maximum absolute atomic E-state index is 12.5. The number of alkyl halides is 3. The second-order valence-electron chi connectivity index (χ2n) is 7.41. The Kier molecular flexibility index (Phi) is 6.62. The van der Waals surface area contributed by atoms with Crippen molar-refractivity contribution >= 4 is 5.91 Å². The van der Waals surface area contributed by atoms with Crippen LogP contribution < -0.4 is 5.32 Å². The minimum atomic E-state index is -4.33. The van der Waals surface area contributed by atoms with Crippen LogP contribution in [0.2, 0.25) is 0 Å². The monoisotopic (exact) mass is 383 g/mol. The lowest BCUT2D eigenvalue weighted by atomic mass is 9.96. The summed E-state index contributed by atoms with van der Waals surface area (Å²) in [6, 6.07) is 4.95. The zero-order valence-electron chi connectivity index (χ0n) is 15.7. The Bertz CT molecular complexity index is 747. The number of benzene rings is 1. The molecule has 8 heteroatoms. The Balaban J connectivity index is 1.67. The van der Waals surface area contributed by atoms with E-state index in [1.165, 1.54) is 12.1 Å². The molecule has 0 bridgehead atoms. The SMILES string of the molecule is CC(C)(C)c1noc(CCCC(=O)NCCc2ccc(C(F)(F)F)cc2)n1. The minimum Gasteiger partial charge on any atom is -0.356 e. The highest BCUT2D eigenvalue weighted by Gasteiger charge is 2.29. The Morgan fingerprint density at radius 3 is 2.33 bits per heavy atom. The van der Waals surface area contributed by atoms with Crippen molar-refractivity contribution in [2.24, 2.45) is 0 Å². The number of nitrogens with one attached hydrogen (secondary N) is 1. The van der Waals surface area contributed by atoms with E-state index >= 15 is 0 Å². The zero-order chi connectivity index (χ0) is 20.1. The van der Waals surface area contributed by atoms with Crippen LogP contribution in [0.4, 0.5) is 13.2 Å². The van der Waals surface area contributed by atoms with E-state index in [2.05, 4.69) is 15.5 Å². The van der Waals surface area contributed by atoms with Crippen LogP contribution in [-0.4, -0.2) is 22.6 Å². The van der Waals surface area contributed by atoms with Gasteiger partial charge in [0.25, 0.3) is 0 Å². The molecule has 1 amide bonds. The summed E-state index contributed by atoms with van der Waals surface area (Å²) in [5.74, 6) is 1.04. The number of hydrogen-bond donors (Lipinski definition) is 1. The Labute approximate surface area is 156 Å².